The third-order valence-corrected chi connectivity index (χ3v) is 8.08. The van der Waals surface area contributed by atoms with Gasteiger partial charge in [-0.05, 0) is 56.7 Å². The van der Waals surface area contributed by atoms with Gasteiger partial charge in [0.25, 0.3) is 0 Å². The van der Waals surface area contributed by atoms with E-state index < -0.39 is 17.8 Å². The van der Waals surface area contributed by atoms with Crippen LogP contribution < -0.4 is 0 Å². The summed E-state index contributed by atoms with van der Waals surface area (Å²) in [5, 5.41) is 9.40. The van der Waals surface area contributed by atoms with Crippen LogP contribution in [-0.4, -0.2) is 63.8 Å². The first kappa shape index (κ1) is 23.2. The van der Waals surface area contributed by atoms with Crippen LogP contribution in [0, 0.1) is 30.1 Å². The maximum Gasteiger partial charge on any atom is 0.416 e. The topological polar surface area (TPSA) is 67.7 Å². The minimum absolute atomic E-state index is 0.0172. The second-order valence-electron chi connectivity index (χ2n) is 10.5. The summed E-state index contributed by atoms with van der Waals surface area (Å²) < 4.78 is 39.9. The summed E-state index contributed by atoms with van der Waals surface area (Å²) in [6.45, 7) is 6.32. The number of nitriles is 1. The van der Waals surface area contributed by atoms with Gasteiger partial charge in [-0.15, -0.1) is 0 Å². The lowest BCUT2D eigenvalue weighted by molar-refractivity contribution is -0.142. The highest BCUT2D eigenvalue weighted by Gasteiger charge is 2.56. The van der Waals surface area contributed by atoms with Gasteiger partial charge in [-0.25, -0.2) is 0 Å². The van der Waals surface area contributed by atoms with Gasteiger partial charge in [0.2, 0.25) is 11.8 Å². The summed E-state index contributed by atoms with van der Waals surface area (Å²) in [4.78, 5) is 31.9. The van der Waals surface area contributed by atoms with Gasteiger partial charge in [-0.2, -0.15) is 18.4 Å². The first-order valence-corrected chi connectivity index (χ1v) is 12.0. The third-order valence-electron chi connectivity index (χ3n) is 8.08. The number of alkyl halides is 3. The standard InChI is InChI=1S/C25H29F3N4O2/c1-13-4-16(6-18(5-13)25(26,27)28)15(3)31-20-9-22(24(31)34)30(12-20)11-14(2)23(33)32-19(10-29)7-17-8-21(17)32/h4-6,14-15,17,19-22H,7-9,11-12H2,1-3H3/t14-,15+,17+,19-,20?,21?,22-/m0/s1. The van der Waals surface area contributed by atoms with E-state index in [1.807, 2.05) is 11.8 Å². The number of benzene rings is 1. The first-order chi connectivity index (χ1) is 16.0. The molecule has 1 aliphatic carbocycles. The average Bonchev–Trinajstić information content (AvgIpc) is 3.11. The van der Waals surface area contributed by atoms with Gasteiger partial charge in [-0.1, -0.05) is 18.6 Å². The van der Waals surface area contributed by atoms with E-state index in [2.05, 4.69) is 6.07 Å². The number of nitrogens with zero attached hydrogens (tertiary/aromatic N) is 4. The lowest BCUT2D eigenvalue weighted by Crippen LogP contribution is -2.53. The van der Waals surface area contributed by atoms with E-state index in [-0.39, 0.29) is 41.9 Å². The van der Waals surface area contributed by atoms with Gasteiger partial charge in [0.1, 0.15) is 6.04 Å². The van der Waals surface area contributed by atoms with Crippen molar-refractivity contribution in [3.63, 3.8) is 0 Å². The Labute approximate surface area is 197 Å². The number of hydrogen-bond acceptors (Lipinski definition) is 4. The molecule has 34 heavy (non-hydrogen) atoms. The van der Waals surface area contributed by atoms with E-state index in [0.717, 1.165) is 25.0 Å². The third kappa shape index (κ3) is 3.76. The Morgan fingerprint density at radius 3 is 2.59 bits per heavy atom. The predicted molar refractivity (Wildman–Crippen MR) is 117 cm³/mol. The smallest absolute Gasteiger partial charge is 0.330 e. The molecule has 2 unspecified atom stereocenters. The maximum absolute atomic E-state index is 13.3. The number of halogens is 3. The highest BCUT2D eigenvalue weighted by molar-refractivity contribution is 5.86. The molecule has 3 heterocycles. The Hall–Kier alpha value is -2.60. The number of amides is 2. The van der Waals surface area contributed by atoms with Crippen molar-refractivity contribution in [3.8, 4) is 6.07 Å². The van der Waals surface area contributed by atoms with Crippen LogP contribution in [0.1, 0.15) is 55.8 Å². The molecule has 182 valence electrons. The fourth-order valence-corrected chi connectivity index (χ4v) is 6.35. The van der Waals surface area contributed by atoms with Crippen molar-refractivity contribution in [2.24, 2.45) is 11.8 Å². The highest BCUT2D eigenvalue weighted by Crippen LogP contribution is 2.48. The Bertz CT molecular complexity index is 1070. The number of fused-ring (bicyclic) bond motifs is 3. The Kier molecular flexibility index (Phi) is 5.43. The van der Waals surface area contributed by atoms with Gasteiger partial charge in [0, 0.05) is 31.1 Å². The zero-order valence-corrected chi connectivity index (χ0v) is 19.5. The van der Waals surface area contributed by atoms with E-state index in [1.165, 1.54) is 0 Å². The van der Waals surface area contributed by atoms with Crippen molar-refractivity contribution in [2.45, 2.75) is 76.4 Å². The molecule has 9 heteroatoms. The number of likely N-dealkylation sites (tertiary alicyclic amines) is 3. The summed E-state index contributed by atoms with van der Waals surface area (Å²) in [5.74, 6) is 0.0345. The van der Waals surface area contributed by atoms with Gasteiger partial charge < -0.3 is 9.80 Å². The summed E-state index contributed by atoms with van der Waals surface area (Å²) >= 11 is 0. The van der Waals surface area contributed by atoms with Crippen LogP contribution in [0.5, 0.6) is 0 Å². The molecule has 7 atom stereocenters. The maximum atomic E-state index is 13.3. The minimum atomic E-state index is -4.44. The van der Waals surface area contributed by atoms with E-state index >= 15 is 0 Å². The summed E-state index contributed by atoms with van der Waals surface area (Å²) in [6, 6.07) is 5.18. The molecule has 6 nitrogen and oxygen atoms in total. The Balaban J connectivity index is 1.26. The van der Waals surface area contributed by atoms with Crippen LogP contribution >= 0.6 is 0 Å². The molecule has 0 spiro atoms. The first-order valence-electron chi connectivity index (χ1n) is 12.0. The Morgan fingerprint density at radius 1 is 1.21 bits per heavy atom. The number of hydrogen-bond donors (Lipinski definition) is 0. The fraction of sp³-hybridized carbons (Fsp3) is 0.640. The molecule has 1 aromatic carbocycles. The van der Waals surface area contributed by atoms with E-state index in [1.54, 1.807) is 29.7 Å². The normalized spacial score (nSPS) is 32.0. The molecule has 4 fully saturated rings. The van der Waals surface area contributed by atoms with Crippen LogP contribution in [0.4, 0.5) is 13.2 Å². The van der Waals surface area contributed by atoms with Gasteiger partial charge in [0.05, 0.1) is 23.7 Å². The monoisotopic (exact) mass is 474 g/mol. The lowest BCUT2D eigenvalue weighted by Gasteiger charge is -2.39. The average molecular weight is 475 g/mol. The van der Waals surface area contributed by atoms with Crippen LogP contribution in [0.3, 0.4) is 0 Å². The molecular formula is C25H29F3N4O2. The zero-order valence-electron chi connectivity index (χ0n) is 19.5. The SMILES string of the molecule is Cc1cc([C@@H](C)N2C(=O)[C@@H]3CC2CN3C[C@H](C)C(=O)N2C3C[C@H]3C[C@H]2C#N)cc(C(F)(F)F)c1. The van der Waals surface area contributed by atoms with Crippen molar-refractivity contribution >= 4 is 11.8 Å². The molecule has 3 aliphatic heterocycles. The number of carbonyl (C=O) groups is 2. The predicted octanol–water partition coefficient (Wildman–Crippen LogP) is 3.51. The van der Waals surface area contributed by atoms with Crippen LogP contribution in [0.15, 0.2) is 18.2 Å². The summed E-state index contributed by atoms with van der Waals surface area (Å²) in [7, 11) is 0. The molecule has 0 radical (unpaired) electrons. The fourth-order valence-electron chi connectivity index (χ4n) is 6.35. The van der Waals surface area contributed by atoms with Gasteiger partial charge in [-0.3, -0.25) is 14.5 Å². The lowest BCUT2D eigenvalue weighted by atomic mass is 9.99. The van der Waals surface area contributed by atoms with Crippen molar-refractivity contribution < 1.29 is 22.8 Å². The Morgan fingerprint density at radius 2 is 1.94 bits per heavy atom. The van der Waals surface area contributed by atoms with Crippen molar-refractivity contribution in [1.82, 2.24) is 14.7 Å². The molecule has 3 saturated heterocycles. The number of piperazine rings is 1. The molecule has 0 N–H and O–H groups in total. The van der Waals surface area contributed by atoms with Crippen LogP contribution in [-0.2, 0) is 15.8 Å². The van der Waals surface area contributed by atoms with E-state index in [4.69, 9.17) is 0 Å². The molecule has 1 saturated carbocycles. The van der Waals surface area contributed by atoms with Gasteiger partial charge >= 0.3 is 6.18 Å². The molecular weight excluding hydrogens is 445 g/mol. The van der Waals surface area contributed by atoms with Crippen molar-refractivity contribution in [2.75, 3.05) is 13.1 Å². The number of aryl methyl sites for hydroxylation is 1. The molecule has 5 rings (SSSR count). The minimum Gasteiger partial charge on any atom is -0.330 e. The van der Waals surface area contributed by atoms with E-state index in [9.17, 15) is 28.0 Å². The highest BCUT2D eigenvalue weighted by atomic mass is 19.4. The molecule has 2 amide bonds. The van der Waals surface area contributed by atoms with Crippen molar-refractivity contribution in [3.05, 3.63) is 34.9 Å². The molecule has 0 aromatic heterocycles. The largest absolute Gasteiger partial charge is 0.416 e. The molecule has 4 aliphatic rings. The van der Waals surface area contributed by atoms with Gasteiger partial charge in [0.15, 0.2) is 0 Å². The van der Waals surface area contributed by atoms with Crippen molar-refractivity contribution in [1.29, 1.82) is 5.26 Å². The van der Waals surface area contributed by atoms with Crippen LogP contribution in [0.2, 0.25) is 0 Å². The summed E-state index contributed by atoms with van der Waals surface area (Å²) in [5.41, 5.74) is 0.299. The number of piperidine rings is 1. The second-order valence-corrected chi connectivity index (χ2v) is 10.5. The number of rotatable bonds is 5. The van der Waals surface area contributed by atoms with Crippen LogP contribution in [0.25, 0.3) is 0 Å². The molecule has 2 bridgehead atoms. The van der Waals surface area contributed by atoms with E-state index in [0.29, 0.717) is 36.6 Å². The zero-order chi connectivity index (χ0) is 24.5. The molecule has 1 aromatic rings. The number of carbonyl (C=O) groups excluding carboxylic acids is 2. The second kappa shape index (κ2) is 7.98. The quantitative estimate of drug-likeness (QED) is 0.655. The summed E-state index contributed by atoms with van der Waals surface area (Å²) in [6.07, 6.45) is -2.08.